The Labute approximate surface area is 72.7 Å². The Morgan fingerprint density at radius 2 is 2.17 bits per heavy atom. The zero-order valence-corrected chi connectivity index (χ0v) is 7.42. The molecule has 0 aliphatic heterocycles. The normalized spacial score (nSPS) is 9.50. The maximum absolute atomic E-state index is 11.1. The first-order valence-corrected chi connectivity index (χ1v) is 3.90. The van der Waals surface area contributed by atoms with Crippen LogP contribution in [0.4, 0.5) is 0 Å². The quantitative estimate of drug-likeness (QED) is 0.608. The first-order valence-electron chi connectivity index (χ1n) is 3.90. The summed E-state index contributed by atoms with van der Waals surface area (Å²) in [6.45, 7) is 7.23. The lowest BCUT2D eigenvalue weighted by molar-refractivity contribution is 0.101. The van der Waals surface area contributed by atoms with E-state index in [9.17, 15) is 4.79 Å². The van der Waals surface area contributed by atoms with E-state index in [0.717, 1.165) is 16.7 Å². The first kappa shape index (κ1) is 8.72. The minimum atomic E-state index is 0.0913. The molecule has 1 heteroatoms. The third kappa shape index (κ3) is 1.45. The van der Waals surface area contributed by atoms with Crippen LogP contribution >= 0.6 is 0 Å². The van der Waals surface area contributed by atoms with Crippen molar-refractivity contribution in [1.29, 1.82) is 0 Å². The summed E-state index contributed by atoms with van der Waals surface area (Å²) in [7, 11) is 0. The van der Waals surface area contributed by atoms with Crippen molar-refractivity contribution in [1.82, 2.24) is 0 Å². The van der Waals surface area contributed by atoms with Gasteiger partial charge in [-0.05, 0) is 25.0 Å². The number of aryl methyl sites for hydroxylation is 1. The molecule has 62 valence electrons. The Balaban J connectivity index is 3.37. The maximum Gasteiger partial charge on any atom is 0.160 e. The molecule has 0 unspecified atom stereocenters. The molecule has 1 nitrogen and oxygen atoms in total. The molecule has 1 aromatic rings. The van der Waals surface area contributed by atoms with Gasteiger partial charge in [-0.1, -0.05) is 30.9 Å². The number of Topliss-reactive ketones (excluding diaryl/α,β-unsaturated/α-hetero) is 1. The highest BCUT2D eigenvalue weighted by Gasteiger charge is 2.05. The van der Waals surface area contributed by atoms with Gasteiger partial charge in [0.05, 0.1) is 0 Å². The van der Waals surface area contributed by atoms with Crippen molar-refractivity contribution in [3.63, 3.8) is 0 Å². The van der Waals surface area contributed by atoms with Crippen LogP contribution in [0.2, 0.25) is 0 Å². The average molecular weight is 160 g/mol. The van der Waals surface area contributed by atoms with Gasteiger partial charge >= 0.3 is 0 Å². The Morgan fingerprint density at radius 3 is 2.58 bits per heavy atom. The molecule has 0 heterocycles. The van der Waals surface area contributed by atoms with Crippen molar-refractivity contribution in [3.05, 3.63) is 41.5 Å². The van der Waals surface area contributed by atoms with Crippen molar-refractivity contribution < 1.29 is 4.79 Å². The fourth-order valence-electron chi connectivity index (χ4n) is 1.26. The summed E-state index contributed by atoms with van der Waals surface area (Å²) in [4.78, 5) is 11.1. The predicted molar refractivity (Wildman–Crippen MR) is 51.3 cm³/mol. The van der Waals surface area contributed by atoms with Gasteiger partial charge in [-0.3, -0.25) is 4.79 Å². The number of benzene rings is 1. The Kier molecular flexibility index (Phi) is 2.44. The van der Waals surface area contributed by atoms with Gasteiger partial charge in [0.1, 0.15) is 0 Å². The zero-order chi connectivity index (χ0) is 9.14. The van der Waals surface area contributed by atoms with Gasteiger partial charge in [0.15, 0.2) is 5.78 Å². The summed E-state index contributed by atoms with van der Waals surface area (Å²) in [5.41, 5.74) is 2.80. The Morgan fingerprint density at radius 1 is 1.50 bits per heavy atom. The van der Waals surface area contributed by atoms with Crippen LogP contribution in [-0.4, -0.2) is 5.78 Å². The van der Waals surface area contributed by atoms with Gasteiger partial charge in [0.25, 0.3) is 0 Å². The molecule has 0 bridgehead atoms. The van der Waals surface area contributed by atoms with E-state index < -0.39 is 0 Å². The summed E-state index contributed by atoms with van der Waals surface area (Å²) >= 11 is 0. The van der Waals surface area contributed by atoms with Crippen LogP contribution in [0.1, 0.15) is 28.4 Å². The molecule has 1 rings (SSSR count). The van der Waals surface area contributed by atoms with Crippen LogP contribution in [0, 0.1) is 6.92 Å². The Bertz CT molecular complexity index is 324. The lowest BCUT2D eigenvalue weighted by atomic mass is 10.00. The van der Waals surface area contributed by atoms with Gasteiger partial charge in [-0.2, -0.15) is 0 Å². The lowest BCUT2D eigenvalue weighted by Crippen LogP contribution is -1.97. The van der Waals surface area contributed by atoms with Crippen LogP contribution in [0.3, 0.4) is 0 Å². The second kappa shape index (κ2) is 3.35. The van der Waals surface area contributed by atoms with Gasteiger partial charge in [-0.15, -0.1) is 0 Å². The highest BCUT2D eigenvalue weighted by molar-refractivity contribution is 5.98. The van der Waals surface area contributed by atoms with Crippen molar-refractivity contribution in [3.8, 4) is 0 Å². The molecule has 0 N–H and O–H groups in total. The molecule has 0 radical (unpaired) electrons. The smallest absolute Gasteiger partial charge is 0.160 e. The van der Waals surface area contributed by atoms with Gasteiger partial charge in [0.2, 0.25) is 0 Å². The minimum Gasteiger partial charge on any atom is -0.294 e. The summed E-state index contributed by atoms with van der Waals surface area (Å²) in [5.74, 6) is 0.0913. The molecular weight excluding hydrogens is 148 g/mol. The van der Waals surface area contributed by atoms with Gasteiger partial charge < -0.3 is 0 Å². The van der Waals surface area contributed by atoms with E-state index in [1.807, 2.05) is 25.1 Å². The molecule has 0 fully saturated rings. The average Bonchev–Trinajstić information content (AvgIpc) is 2.03. The number of ketones is 1. The molecule has 0 saturated carbocycles. The van der Waals surface area contributed by atoms with Crippen molar-refractivity contribution in [2.24, 2.45) is 0 Å². The molecular formula is C11H12O. The van der Waals surface area contributed by atoms with Crippen LogP contribution in [0.25, 0.3) is 6.08 Å². The molecule has 0 spiro atoms. The Hall–Kier alpha value is -1.37. The number of rotatable bonds is 2. The minimum absolute atomic E-state index is 0.0913. The number of carbonyl (C=O) groups is 1. The maximum atomic E-state index is 11.1. The monoisotopic (exact) mass is 160 g/mol. The summed E-state index contributed by atoms with van der Waals surface area (Å²) in [6, 6.07) is 5.69. The highest BCUT2D eigenvalue weighted by Crippen LogP contribution is 2.15. The second-order valence-electron chi connectivity index (χ2n) is 2.80. The predicted octanol–water partition coefficient (Wildman–Crippen LogP) is 2.84. The fourth-order valence-corrected chi connectivity index (χ4v) is 1.26. The summed E-state index contributed by atoms with van der Waals surface area (Å²) in [6.07, 6.45) is 1.73. The van der Waals surface area contributed by atoms with E-state index in [4.69, 9.17) is 0 Å². The molecule has 0 aromatic heterocycles. The lowest BCUT2D eigenvalue weighted by Gasteiger charge is -2.04. The molecule has 12 heavy (non-hydrogen) atoms. The third-order valence-corrected chi connectivity index (χ3v) is 1.91. The fraction of sp³-hybridized carbons (Fsp3) is 0.182. The van der Waals surface area contributed by atoms with E-state index in [-0.39, 0.29) is 5.78 Å². The molecule has 0 aliphatic rings. The van der Waals surface area contributed by atoms with Gasteiger partial charge in [-0.25, -0.2) is 0 Å². The van der Waals surface area contributed by atoms with E-state index in [0.29, 0.717) is 0 Å². The van der Waals surface area contributed by atoms with E-state index in [1.54, 1.807) is 13.0 Å². The third-order valence-electron chi connectivity index (χ3n) is 1.91. The number of hydrogen-bond acceptors (Lipinski definition) is 1. The molecule has 0 atom stereocenters. The largest absolute Gasteiger partial charge is 0.294 e. The number of carbonyl (C=O) groups excluding carboxylic acids is 1. The van der Waals surface area contributed by atoms with E-state index in [1.165, 1.54) is 0 Å². The summed E-state index contributed by atoms with van der Waals surface area (Å²) < 4.78 is 0. The van der Waals surface area contributed by atoms with Crippen LogP contribution in [0.5, 0.6) is 0 Å². The second-order valence-corrected chi connectivity index (χ2v) is 2.80. The van der Waals surface area contributed by atoms with Crippen LogP contribution in [-0.2, 0) is 0 Å². The van der Waals surface area contributed by atoms with Crippen molar-refractivity contribution >= 4 is 11.9 Å². The standard InChI is InChI=1S/C11H12O/c1-4-10-8(2)6-5-7-11(10)9(3)12/h4-7H,1H2,2-3H3. The SMILES string of the molecule is C=Cc1c(C)cccc1C(C)=O. The molecule has 0 amide bonds. The van der Waals surface area contributed by atoms with Crippen LogP contribution in [0.15, 0.2) is 24.8 Å². The zero-order valence-electron chi connectivity index (χ0n) is 7.42. The summed E-state index contributed by atoms with van der Waals surface area (Å²) in [5, 5.41) is 0. The van der Waals surface area contributed by atoms with Crippen molar-refractivity contribution in [2.75, 3.05) is 0 Å². The molecule has 1 aromatic carbocycles. The van der Waals surface area contributed by atoms with Crippen LogP contribution < -0.4 is 0 Å². The van der Waals surface area contributed by atoms with Crippen molar-refractivity contribution in [2.45, 2.75) is 13.8 Å². The van der Waals surface area contributed by atoms with Gasteiger partial charge in [0, 0.05) is 5.56 Å². The molecule has 0 saturated heterocycles. The highest BCUT2D eigenvalue weighted by atomic mass is 16.1. The first-order chi connectivity index (χ1) is 5.66. The topological polar surface area (TPSA) is 17.1 Å². The van der Waals surface area contributed by atoms with E-state index in [2.05, 4.69) is 6.58 Å². The molecule has 0 aliphatic carbocycles. The van der Waals surface area contributed by atoms with E-state index >= 15 is 0 Å². The number of hydrogen-bond donors (Lipinski definition) is 0.